The van der Waals surface area contributed by atoms with Crippen LogP contribution in [0.15, 0.2) is 24.3 Å². The van der Waals surface area contributed by atoms with E-state index in [-0.39, 0.29) is 5.82 Å². The number of halogens is 1. The predicted molar refractivity (Wildman–Crippen MR) is 62.3 cm³/mol. The van der Waals surface area contributed by atoms with Crippen molar-refractivity contribution in [2.45, 2.75) is 45.7 Å². The number of nitrogens with one attached hydrogen (secondary N) is 1. The van der Waals surface area contributed by atoms with E-state index in [4.69, 9.17) is 0 Å². The summed E-state index contributed by atoms with van der Waals surface area (Å²) in [6.45, 7) is 6.48. The van der Waals surface area contributed by atoms with Gasteiger partial charge in [0, 0.05) is 12.1 Å². The van der Waals surface area contributed by atoms with Gasteiger partial charge in [-0.2, -0.15) is 0 Å². The summed E-state index contributed by atoms with van der Waals surface area (Å²) in [7, 11) is 0. The standard InChI is InChI=1S/C13H20FN/c1-4-10(3)15-13(5-2)11-6-8-12(14)9-7-11/h6-10,13,15H,4-5H2,1-3H3/t10-,13-/m0/s1. The molecule has 1 N–H and O–H groups in total. The Bertz CT molecular complexity index is 281. The Kier molecular flexibility index (Phi) is 4.76. The van der Waals surface area contributed by atoms with Crippen molar-refractivity contribution in [3.05, 3.63) is 35.6 Å². The average Bonchev–Trinajstić information content (AvgIpc) is 2.27. The highest BCUT2D eigenvalue weighted by Gasteiger charge is 2.10. The molecule has 0 fully saturated rings. The zero-order chi connectivity index (χ0) is 11.3. The van der Waals surface area contributed by atoms with E-state index in [0.717, 1.165) is 12.8 Å². The Morgan fingerprint density at radius 2 is 1.73 bits per heavy atom. The highest BCUT2D eigenvalue weighted by Crippen LogP contribution is 2.17. The SMILES string of the molecule is CC[C@H](N[C@@H](C)CC)c1ccc(F)cc1. The van der Waals surface area contributed by atoms with Gasteiger partial charge in [-0.25, -0.2) is 4.39 Å². The minimum Gasteiger partial charge on any atom is -0.307 e. The average molecular weight is 209 g/mol. The van der Waals surface area contributed by atoms with Crippen LogP contribution in [0.2, 0.25) is 0 Å². The van der Waals surface area contributed by atoms with E-state index in [0.29, 0.717) is 12.1 Å². The van der Waals surface area contributed by atoms with Crippen LogP contribution >= 0.6 is 0 Å². The first-order valence-electron chi connectivity index (χ1n) is 5.68. The van der Waals surface area contributed by atoms with Crippen molar-refractivity contribution in [2.75, 3.05) is 0 Å². The molecule has 15 heavy (non-hydrogen) atoms. The minimum atomic E-state index is -0.169. The maximum absolute atomic E-state index is 12.8. The van der Waals surface area contributed by atoms with Gasteiger partial charge in [0.1, 0.15) is 5.82 Å². The predicted octanol–water partition coefficient (Wildman–Crippen LogP) is 3.66. The third-order valence-corrected chi connectivity index (χ3v) is 2.78. The van der Waals surface area contributed by atoms with Gasteiger partial charge in [0.25, 0.3) is 0 Å². The maximum atomic E-state index is 12.8. The molecule has 0 bridgehead atoms. The molecule has 2 atom stereocenters. The van der Waals surface area contributed by atoms with Crippen LogP contribution in [-0.2, 0) is 0 Å². The van der Waals surface area contributed by atoms with Gasteiger partial charge in [-0.3, -0.25) is 0 Å². The summed E-state index contributed by atoms with van der Waals surface area (Å²) in [5.74, 6) is -0.169. The van der Waals surface area contributed by atoms with Gasteiger partial charge >= 0.3 is 0 Å². The Hall–Kier alpha value is -0.890. The monoisotopic (exact) mass is 209 g/mol. The minimum absolute atomic E-state index is 0.169. The lowest BCUT2D eigenvalue weighted by Gasteiger charge is -2.21. The van der Waals surface area contributed by atoms with E-state index >= 15 is 0 Å². The lowest BCUT2D eigenvalue weighted by molar-refractivity contribution is 0.437. The van der Waals surface area contributed by atoms with E-state index in [9.17, 15) is 4.39 Å². The van der Waals surface area contributed by atoms with Crippen LogP contribution in [-0.4, -0.2) is 6.04 Å². The van der Waals surface area contributed by atoms with Gasteiger partial charge < -0.3 is 5.32 Å². The quantitative estimate of drug-likeness (QED) is 0.780. The van der Waals surface area contributed by atoms with Gasteiger partial charge in [0.15, 0.2) is 0 Å². The number of benzene rings is 1. The summed E-state index contributed by atoms with van der Waals surface area (Å²) in [6.07, 6.45) is 2.13. The summed E-state index contributed by atoms with van der Waals surface area (Å²) in [5, 5.41) is 3.53. The Morgan fingerprint density at radius 1 is 1.13 bits per heavy atom. The molecular formula is C13H20FN. The fraction of sp³-hybridized carbons (Fsp3) is 0.538. The first-order chi connectivity index (χ1) is 7.17. The van der Waals surface area contributed by atoms with Crippen LogP contribution in [0, 0.1) is 5.82 Å². The second kappa shape index (κ2) is 5.86. The molecule has 0 unspecified atom stereocenters. The van der Waals surface area contributed by atoms with Gasteiger partial charge in [0.05, 0.1) is 0 Å². The zero-order valence-corrected chi connectivity index (χ0v) is 9.76. The molecule has 0 aromatic heterocycles. The second-order valence-corrected chi connectivity index (χ2v) is 3.99. The summed E-state index contributed by atoms with van der Waals surface area (Å²) in [6, 6.07) is 7.60. The molecule has 0 saturated carbocycles. The Balaban J connectivity index is 2.69. The molecule has 0 aliphatic rings. The molecule has 1 aromatic rings. The van der Waals surface area contributed by atoms with Gasteiger partial charge in [-0.15, -0.1) is 0 Å². The highest BCUT2D eigenvalue weighted by molar-refractivity contribution is 5.19. The smallest absolute Gasteiger partial charge is 0.123 e. The molecule has 0 saturated heterocycles. The van der Waals surface area contributed by atoms with E-state index in [2.05, 4.69) is 26.1 Å². The topological polar surface area (TPSA) is 12.0 Å². The maximum Gasteiger partial charge on any atom is 0.123 e. The molecule has 0 aliphatic carbocycles. The molecule has 0 radical (unpaired) electrons. The molecule has 0 amide bonds. The summed E-state index contributed by atoms with van der Waals surface area (Å²) < 4.78 is 12.8. The van der Waals surface area contributed by atoms with Gasteiger partial charge in [-0.05, 0) is 37.5 Å². The van der Waals surface area contributed by atoms with Crippen molar-refractivity contribution in [1.82, 2.24) is 5.32 Å². The summed E-state index contributed by atoms with van der Waals surface area (Å²) >= 11 is 0. The van der Waals surface area contributed by atoms with Crippen LogP contribution in [0.4, 0.5) is 4.39 Å². The molecule has 84 valence electrons. The van der Waals surface area contributed by atoms with Crippen molar-refractivity contribution in [3.8, 4) is 0 Å². The van der Waals surface area contributed by atoms with E-state index < -0.39 is 0 Å². The van der Waals surface area contributed by atoms with Crippen molar-refractivity contribution >= 4 is 0 Å². The summed E-state index contributed by atoms with van der Waals surface area (Å²) in [5.41, 5.74) is 1.17. The Labute approximate surface area is 91.7 Å². The first-order valence-corrected chi connectivity index (χ1v) is 5.68. The fourth-order valence-corrected chi connectivity index (χ4v) is 1.61. The van der Waals surface area contributed by atoms with Crippen molar-refractivity contribution in [1.29, 1.82) is 0 Å². The van der Waals surface area contributed by atoms with Gasteiger partial charge in [0.2, 0.25) is 0 Å². The fourth-order valence-electron chi connectivity index (χ4n) is 1.61. The zero-order valence-electron chi connectivity index (χ0n) is 9.76. The largest absolute Gasteiger partial charge is 0.307 e. The molecule has 2 heteroatoms. The van der Waals surface area contributed by atoms with Gasteiger partial charge in [-0.1, -0.05) is 26.0 Å². The molecule has 0 heterocycles. The van der Waals surface area contributed by atoms with Crippen LogP contribution < -0.4 is 5.32 Å². The highest BCUT2D eigenvalue weighted by atomic mass is 19.1. The van der Waals surface area contributed by atoms with Crippen molar-refractivity contribution in [3.63, 3.8) is 0 Å². The van der Waals surface area contributed by atoms with Crippen molar-refractivity contribution in [2.24, 2.45) is 0 Å². The molecule has 0 aliphatic heterocycles. The van der Waals surface area contributed by atoms with Crippen LogP contribution in [0.3, 0.4) is 0 Å². The van der Waals surface area contributed by atoms with Crippen LogP contribution in [0.1, 0.15) is 45.2 Å². The third-order valence-electron chi connectivity index (χ3n) is 2.78. The number of hydrogen-bond acceptors (Lipinski definition) is 1. The number of hydrogen-bond donors (Lipinski definition) is 1. The molecule has 1 nitrogen and oxygen atoms in total. The third kappa shape index (κ3) is 3.63. The summed E-state index contributed by atoms with van der Waals surface area (Å²) in [4.78, 5) is 0. The second-order valence-electron chi connectivity index (χ2n) is 3.99. The van der Waals surface area contributed by atoms with Crippen molar-refractivity contribution < 1.29 is 4.39 Å². The molecule has 0 spiro atoms. The van der Waals surface area contributed by atoms with E-state index in [1.807, 2.05) is 12.1 Å². The Morgan fingerprint density at radius 3 is 2.20 bits per heavy atom. The van der Waals surface area contributed by atoms with E-state index in [1.54, 1.807) is 0 Å². The number of rotatable bonds is 5. The molecule has 1 rings (SSSR count). The van der Waals surface area contributed by atoms with Crippen LogP contribution in [0.25, 0.3) is 0 Å². The lowest BCUT2D eigenvalue weighted by atomic mass is 10.0. The van der Waals surface area contributed by atoms with E-state index in [1.165, 1.54) is 17.7 Å². The van der Waals surface area contributed by atoms with Crippen LogP contribution in [0.5, 0.6) is 0 Å². The molecular weight excluding hydrogens is 189 g/mol. The normalized spacial score (nSPS) is 14.9. The lowest BCUT2D eigenvalue weighted by Crippen LogP contribution is -2.29. The first kappa shape index (κ1) is 12.2. The molecule has 1 aromatic carbocycles.